The number of aromatic nitrogens is 7. The predicted octanol–water partition coefficient (Wildman–Crippen LogP) is 3.93. The van der Waals surface area contributed by atoms with Gasteiger partial charge in [0.05, 0.1) is 44.0 Å². The molecule has 10 nitrogen and oxygen atoms in total. The van der Waals surface area contributed by atoms with Crippen molar-refractivity contribution in [1.82, 2.24) is 39.0 Å². The molecule has 5 aromatic heterocycles. The number of pyridine rings is 3. The van der Waals surface area contributed by atoms with E-state index in [-0.39, 0.29) is 19.8 Å². The molecular weight excluding hydrogens is 671 g/mol. The van der Waals surface area contributed by atoms with Crippen molar-refractivity contribution in [1.29, 1.82) is 0 Å². The maximum absolute atomic E-state index is 5.30. The first kappa shape index (κ1) is 31.3. The monoisotopic (exact) mass is 706 g/mol. The van der Waals surface area contributed by atoms with Crippen molar-refractivity contribution < 1.29 is 29.3 Å². The second kappa shape index (κ2) is 17.6. The maximum atomic E-state index is 5.30. The van der Waals surface area contributed by atoms with E-state index in [2.05, 4.69) is 29.8 Å². The molecule has 0 aromatic carbocycles. The van der Waals surface area contributed by atoms with Crippen LogP contribution in [0.3, 0.4) is 0 Å². The van der Waals surface area contributed by atoms with Gasteiger partial charge >= 0.3 is 0 Å². The van der Waals surface area contributed by atoms with E-state index in [9.17, 15) is 0 Å². The fourth-order valence-corrected chi connectivity index (χ4v) is 3.34. The molecule has 0 radical (unpaired) electrons. The van der Waals surface area contributed by atoms with Crippen molar-refractivity contribution in [3.63, 3.8) is 0 Å². The van der Waals surface area contributed by atoms with Crippen LogP contribution >= 0.6 is 0 Å². The van der Waals surface area contributed by atoms with Gasteiger partial charge in [-0.25, -0.2) is 9.97 Å². The third-order valence-electron chi connectivity index (χ3n) is 5.20. The Balaban J connectivity index is 0.000000336. The predicted molar refractivity (Wildman–Crippen MR) is 145 cm³/mol. The second-order valence-corrected chi connectivity index (χ2v) is 8.30. The Hall–Kier alpha value is -3.93. The molecule has 5 heterocycles. The Bertz CT molecular complexity index is 1220. The van der Waals surface area contributed by atoms with Crippen LogP contribution in [0, 0.1) is 0 Å². The molecule has 0 spiro atoms. The van der Waals surface area contributed by atoms with Gasteiger partial charge in [-0.1, -0.05) is 6.07 Å². The molecule has 0 aliphatic heterocycles. The molecule has 11 heteroatoms. The van der Waals surface area contributed by atoms with E-state index >= 15 is 0 Å². The number of ether oxygens (including phenoxy) is 2. The Morgan fingerprint density at radius 3 is 1.49 bits per heavy atom. The van der Waals surface area contributed by atoms with Crippen molar-refractivity contribution in [2.24, 2.45) is 14.1 Å². The van der Waals surface area contributed by atoms with Gasteiger partial charge in [0.25, 0.3) is 0 Å². The van der Waals surface area contributed by atoms with Crippen LogP contribution in [0.1, 0.15) is 17.1 Å². The van der Waals surface area contributed by atoms with Crippen LogP contribution in [0.2, 0.25) is 0 Å². The zero-order valence-electron chi connectivity index (χ0n) is 22.6. The van der Waals surface area contributed by atoms with E-state index in [4.69, 9.17) is 9.47 Å². The number of rotatable bonds is 8. The van der Waals surface area contributed by atoms with Gasteiger partial charge in [0.1, 0.15) is 11.5 Å². The zero-order chi connectivity index (χ0) is 27.0. The van der Waals surface area contributed by atoms with Gasteiger partial charge in [-0.2, -0.15) is 0 Å². The third kappa shape index (κ3) is 12.0. The minimum atomic E-state index is 0. The van der Waals surface area contributed by atoms with Gasteiger partial charge in [0.2, 0.25) is 0 Å². The second-order valence-electron chi connectivity index (χ2n) is 8.30. The van der Waals surface area contributed by atoms with E-state index < -0.39 is 0 Å². The molecule has 0 fully saturated rings. The van der Waals surface area contributed by atoms with E-state index in [1.807, 2.05) is 78.1 Å². The normalized spacial score (nSPS) is 9.87. The molecule has 0 aliphatic rings. The maximum Gasteiger partial charge on any atom is 0.122 e. The molecule has 0 bridgehead atoms. The number of methoxy groups -OCH3 is 2. The SMILES string of the molecule is COc1ccnc(CN(Cc2ccccn2)Cc2cc(OC)ccn2)c1.Cn1ccnc1.Cn1ccnc1.[Os]. The molecule has 5 aromatic rings. The van der Waals surface area contributed by atoms with Crippen LogP contribution in [0.4, 0.5) is 0 Å². The van der Waals surface area contributed by atoms with E-state index in [0.717, 1.165) is 28.6 Å². The Kier molecular flexibility index (Phi) is 14.1. The molecule has 0 aliphatic carbocycles. The van der Waals surface area contributed by atoms with Crippen molar-refractivity contribution in [3.8, 4) is 11.5 Å². The van der Waals surface area contributed by atoms with Crippen LogP contribution in [-0.2, 0) is 53.5 Å². The summed E-state index contributed by atoms with van der Waals surface area (Å²) < 4.78 is 14.4. The topological polar surface area (TPSA) is 96.0 Å². The van der Waals surface area contributed by atoms with Crippen molar-refractivity contribution in [2.45, 2.75) is 19.6 Å². The first-order chi connectivity index (χ1) is 18.6. The van der Waals surface area contributed by atoms with Crippen LogP contribution < -0.4 is 9.47 Å². The fraction of sp³-hybridized carbons (Fsp3) is 0.250. The molecule has 39 heavy (non-hydrogen) atoms. The molecule has 0 saturated carbocycles. The van der Waals surface area contributed by atoms with Gasteiger partial charge in [-0.15, -0.1) is 0 Å². The average Bonchev–Trinajstić information content (AvgIpc) is 3.63. The Morgan fingerprint density at radius 2 is 1.13 bits per heavy atom. The van der Waals surface area contributed by atoms with Gasteiger partial charge in [0, 0.05) is 109 Å². The number of aryl methyl sites for hydroxylation is 2. The van der Waals surface area contributed by atoms with Gasteiger partial charge in [0.15, 0.2) is 0 Å². The summed E-state index contributed by atoms with van der Waals surface area (Å²) in [5.74, 6) is 1.60. The summed E-state index contributed by atoms with van der Waals surface area (Å²) in [6.07, 6.45) is 16.1. The third-order valence-corrected chi connectivity index (χ3v) is 5.20. The molecule has 0 atom stereocenters. The molecule has 0 unspecified atom stereocenters. The first-order valence-corrected chi connectivity index (χ1v) is 12.0. The molecule has 0 saturated heterocycles. The van der Waals surface area contributed by atoms with Crippen LogP contribution in [0.25, 0.3) is 0 Å². The van der Waals surface area contributed by atoms with Gasteiger partial charge in [-0.05, 0) is 24.3 Å². The summed E-state index contributed by atoms with van der Waals surface area (Å²) in [6.45, 7) is 2.01. The van der Waals surface area contributed by atoms with Crippen molar-refractivity contribution in [3.05, 3.63) is 116 Å². The van der Waals surface area contributed by atoms with Crippen LogP contribution in [0.15, 0.2) is 98.5 Å². The van der Waals surface area contributed by atoms with Crippen LogP contribution in [0.5, 0.6) is 11.5 Å². The molecule has 0 N–H and O–H groups in total. The minimum Gasteiger partial charge on any atom is -0.497 e. The quantitative estimate of drug-likeness (QED) is 0.240. The van der Waals surface area contributed by atoms with Gasteiger partial charge in [-0.3, -0.25) is 19.9 Å². The van der Waals surface area contributed by atoms with Gasteiger partial charge < -0.3 is 18.6 Å². The molecule has 5 rings (SSSR count). The standard InChI is InChI=1S/C20H22N4O2.2C4H6N2.Os/c1-25-19-6-9-22-17(11-19)14-24(13-16-5-3-4-8-21-16)15-18-12-20(26-2)7-10-23-18;2*1-6-3-2-5-4-6;/h3-12H,13-15H2,1-2H3;2*2-4H,1H3;. The molecule has 0 amide bonds. The summed E-state index contributed by atoms with van der Waals surface area (Å²) in [5.41, 5.74) is 2.87. The number of imidazole rings is 2. The first-order valence-electron chi connectivity index (χ1n) is 12.0. The van der Waals surface area contributed by atoms with Crippen molar-refractivity contribution >= 4 is 0 Å². The average molecular weight is 705 g/mol. The Labute approximate surface area is 242 Å². The summed E-state index contributed by atoms with van der Waals surface area (Å²) in [6, 6.07) is 13.5. The van der Waals surface area contributed by atoms with Crippen molar-refractivity contribution in [2.75, 3.05) is 14.2 Å². The zero-order valence-corrected chi connectivity index (χ0v) is 25.1. The summed E-state index contributed by atoms with van der Waals surface area (Å²) >= 11 is 0. The van der Waals surface area contributed by atoms with E-state index in [1.54, 1.807) is 57.9 Å². The molecule has 206 valence electrons. The van der Waals surface area contributed by atoms with E-state index in [1.165, 1.54) is 0 Å². The van der Waals surface area contributed by atoms with E-state index in [0.29, 0.717) is 19.6 Å². The number of nitrogens with zero attached hydrogens (tertiary/aromatic N) is 8. The summed E-state index contributed by atoms with van der Waals surface area (Å²) in [7, 11) is 7.19. The van der Waals surface area contributed by atoms with Crippen LogP contribution in [-0.4, -0.2) is 53.2 Å². The fourth-order valence-electron chi connectivity index (χ4n) is 3.34. The number of hydrogen-bond donors (Lipinski definition) is 0. The molecular formula is C28H34N8O2Os. The Morgan fingerprint density at radius 1 is 0.641 bits per heavy atom. The smallest absolute Gasteiger partial charge is 0.122 e. The summed E-state index contributed by atoms with van der Waals surface area (Å²) in [5, 5.41) is 0. The summed E-state index contributed by atoms with van der Waals surface area (Å²) in [4.78, 5) is 23.2. The minimum absolute atomic E-state index is 0. The number of hydrogen-bond acceptors (Lipinski definition) is 8. The largest absolute Gasteiger partial charge is 0.497 e.